The van der Waals surface area contributed by atoms with Crippen molar-refractivity contribution in [1.82, 2.24) is 9.55 Å². The molecule has 0 aliphatic carbocycles. The molecule has 0 spiro atoms. The van der Waals surface area contributed by atoms with Crippen LogP contribution in [0.1, 0.15) is 18.4 Å². The maximum Gasteiger partial charge on any atom is 0.161 e. The van der Waals surface area contributed by atoms with E-state index in [2.05, 4.69) is 17.2 Å². The molecule has 4 nitrogen and oxygen atoms in total. The molecule has 6 heteroatoms. The molecule has 1 aromatic heterocycles. The first-order chi connectivity index (χ1) is 16.1. The Kier molecular flexibility index (Phi) is 7.58. The number of imidazole rings is 1. The van der Waals surface area contributed by atoms with Crippen LogP contribution in [-0.2, 0) is 13.0 Å². The van der Waals surface area contributed by atoms with E-state index in [1.807, 2.05) is 54.6 Å². The summed E-state index contributed by atoms with van der Waals surface area (Å²) in [6.45, 7) is 5.18. The smallest absolute Gasteiger partial charge is 0.161 e. The quantitative estimate of drug-likeness (QED) is 0.173. The van der Waals surface area contributed by atoms with E-state index in [1.54, 1.807) is 13.2 Å². The van der Waals surface area contributed by atoms with E-state index in [0.717, 1.165) is 65.3 Å². The maximum atomic E-state index is 6.50. The number of nitrogens with zero attached hydrogens (tertiary/aromatic N) is 2. The Hall–Kier alpha value is -2.95. The number of hydrogen-bond acceptors (Lipinski definition) is 3. The number of allylic oxidation sites excluding steroid dienone is 1. The molecule has 3 aromatic carbocycles. The first-order valence-electron chi connectivity index (χ1n) is 10.9. The van der Waals surface area contributed by atoms with Crippen molar-refractivity contribution in [2.24, 2.45) is 0 Å². The summed E-state index contributed by atoms with van der Waals surface area (Å²) in [6.07, 6.45) is 4.49. The molecule has 33 heavy (non-hydrogen) atoms. The highest BCUT2D eigenvalue weighted by molar-refractivity contribution is 6.36. The average molecular weight is 481 g/mol. The first kappa shape index (κ1) is 23.2. The normalized spacial score (nSPS) is 11.0. The fraction of sp³-hybridized carbons (Fsp3) is 0.222. The van der Waals surface area contributed by atoms with Crippen molar-refractivity contribution in [1.29, 1.82) is 0 Å². The van der Waals surface area contributed by atoms with E-state index in [4.69, 9.17) is 37.7 Å². The van der Waals surface area contributed by atoms with Crippen LogP contribution in [0, 0.1) is 0 Å². The molecular weight excluding hydrogens is 455 g/mol. The zero-order valence-corrected chi connectivity index (χ0v) is 20.1. The Bertz CT molecular complexity index is 1270. The van der Waals surface area contributed by atoms with E-state index in [-0.39, 0.29) is 0 Å². The molecule has 0 bridgehead atoms. The summed E-state index contributed by atoms with van der Waals surface area (Å²) in [7, 11) is 1.66. The number of rotatable bonds is 10. The van der Waals surface area contributed by atoms with Crippen molar-refractivity contribution < 1.29 is 9.47 Å². The zero-order chi connectivity index (χ0) is 23.2. The maximum absolute atomic E-state index is 6.50. The molecule has 0 radical (unpaired) electrons. The van der Waals surface area contributed by atoms with Gasteiger partial charge in [0.25, 0.3) is 0 Å². The largest absolute Gasteiger partial charge is 0.493 e. The molecular formula is C27H26Cl2N2O2. The van der Waals surface area contributed by atoms with E-state index < -0.39 is 0 Å². The highest BCUT2D eigenvalue weighted by atomic mass is 35.5. The van der Waals surface area contributed by atoms with Gasteiger partial charge in [0, 0.05) is 17.1 Å². The minimum Gasteiger partial charge on any atom is -0.493 e. The lowest BCUT2D eigenvalue weighted by molar-refractivity contribution is 0.284. The summed E-state index contributed by atoms with van der Waals surface area (Å²) in [5.41, 5.74) is 4.05. The predicted octanol–water partition coefficient (Wildman–Crippen LogP) is 7.61. The standard InChI is InChI=1S/C27H26Cl2N2O2/c1-3-8-19-11-14-25(26(17-19)32-2)33-16-7-6-15-31-24-10-5-4-9-23(24)30-27(31)21-13-12-20(28)18-22(21)29/h3-5,9-14,17-18H,1,6-8,15-16H2,2H3. The van der Waals surface area contributed by atoms with Crippen LogP contribution in [0.2, 0.25) is 10.0 Å². The van der Waals surface area contributed by atoms with Crippen molar-refractivity contribution in [2.75, 3.05) is 13.7 Å². The third kappa shape index (κ3) is 5.35. The highest BCUT2D eigenvalue weighted by Crippen LogP contribution is 2.33. The molecule has 0 saturated heterocycles. The molecule has 1 heterocycles. The van der Waals surface area contributed by atoms with Crippen LogP contribution < -0.4 is 9.47 Å². The molecule has 0 N–H and O–H groups in total. The van der Waals surface area contributed by atoms with Crippen LogP contribution >= 0.6 is 23.2 Å². The highest BCUT2D eigenvalue weighted by Gasteiger charge is 2.15. The summed E-state index contributed by atoms with van der Waals surface area (Å²) >= 11 is 12.6. The number of aromatic nitrogens is 2. The zero-order valence-electron chi connectivity index (χ0n) is 18.6. The van der Waals surface area contributed by atoms with Gasteiger partial charge in [0.15, 0.2) is 11.5 Å². The van der Waals surface area contributed by atoms with Gasteiger partial charge in [-0.1, -0.05) is 47.5 Å². The van der Waals surface area contributed by atoms with E-state index in [9.17, 15) is 0 Å². The van der Waals surface area contributed by atoms with Gasteiger partial charge < -0.3 is 14.0 Å². The number of halogens is 2. The SMILES string of the molecule is C=CCc1ccc(OCCCCn2c(-c3ccc(Cl)cc3Cl)nc3ccccc32)c(OC)c1. The van der Waals surface area contributed by atoms with Gasteiger partial charge in [-0.3, -0.25) is 0 Å². The topological polar surface area (TPSA) is 36.3 Å². The minimum atomic E-state index is 0.592. The van der Waals surface area contributed by atoms with Crippen molar-refractivity contribution >= 4 is 34.2 Å². The lowest BCUT2D eigenvalue weighted by atomic mass is 10.1. The second kappa shape index (κ2) is 10.8. The van der Waals surface area contributed by atoms with Gasteiger partial charge in [-0.2, -0.15) is 0 Å². The van der Waals surface area contributed by atoms with Gasteiger partial charge in [0.1, 0.15) is 5.82 Å². The van der Waals surface area contributed by atoms with E-state index >= 15 is 0 Å². The van der Waals surface area contributed by atoms with Crippen LogP contribution in [0.15, 0.2) is 73.3 Å². The lowest BCUT2D eigenvalue weighted by Crippen LogP contribution is -2.05. The van der Waals surface area contributed by atoms with Crippen LogP contribution in [0.25, 0.3) is 22.4 Å². The summed E-state index contributed by atoms with van der Waals surface area (Å²) in [6, 6.07) is 19.6. The van der Waals surface area contributed by atoms with Gasteiger partial charge in [-0.05, 0) is 67.3 Å². The van der Waals surface area contributed by atoms with Crippen LogP contribution in [0.3, 0.4) is 0 Å². The fourth-order valence-electron chi connectivity index (χ4n) is 3.86. The third-order valence-corrected chi connectivity index (χ3v) is 6.02. The molecule has 0 atom stereocenters. The van der Waals surface area contributed by atoms with Gasteiger partial charge in [0.2, 0.25) is 0 Å². The molecule has 4 rings (SSSR count). The van der Waals surface area contributed by atoms with Crippen molar-refractivity contribution in [3.05, 3.63) is 88.9 Å². The van der Waals surface area contributed by atoms with Crippen LogP contribution in [-0.4, -0.2) is 23.3 Å². The molecule has 0 unspecified atom stereocenters. The average Bonchev–Trinajstić information content (AvgIpc) is 3.18. The molecule has 0 aliphatic heterocycles. The summed E-state index contributed by atoms with van der Waals surface area (Å²) in [5, 5.41) is 1.20. The number of aryl methyl sites for hydroxylation is 1. The monoisotopic (exact) mass is 480 g/mol. The predicted molar refractivity (Wildman–Crippen MR) is 137 cm³/mol. The fourth-order valence-corrected chi connectivity index (χ4v) is 4.35. The van der Waals surface area contributed by atoms with Crippen LogP contribution in [0.5, 0.6) is 11.5 Å². The number of para-hydroxylation sites is 2. The van der Waals surface area contributed by atoms with Crippen molar-refractivity contribution in [3.63, 3.8) is 0 Å². The number of fused-ring (bicyclic) bond motifs is 1. The Morgan fingerprint density at radius 3 is 2.64 bits per heavy atom. The van der Waals surface area contributed by atoms with Gasteiger partial charge in [-0.15, -0.1) is 6.58 Å². The number of benzene rings is 3. The lowest BCUT2D eigenvalue weighted by Gasteiger charge is -2.13. The second-order valence-corrected chi connectivity index (χ2v) is 8.58. The van der Waals surface area contributed by atoms with E-state index in [0.29, 0.717) is 16.7 Å². The van der Waals surface area contributed by atoms with E-state index in [1.165, 1.54) is 0 Å². The molecule has 4 aromatic rings. The molecule has 0 fully saturated rings. The third-order valence-electron chi connectivity index (χ3n) is 5.47. The van der Waals surface area contributed by atoms with Crippen molar-refractivity contribution in [2.45, 2.75) is 25.8 Å². The summed E-state index contributed by atoms with van der Waals surface area (Å²) in [5.74, 6) is 2.35. The van der Waals surface area contributed by atoms with Gasteiger partial charge in [0.05, 0.1) is 29.8 Å². The molecule has 170 valence electrons. The number of unbranched alkanes of at least 4 members (excludes halogenated alkanes) is 1. The van der Waals surface area contributed by atoms with Gasteiger partial charge in [-0.25, -0.2) is 4.98 Å². The minimum absolute atomic E-state index is 0.592. The Morgan fingerprint density at radius 1 is 1.00 bits per heavy atom. The molecule has 0 aliphatic rings. The first-order valence-corrected chi connectivity index (χ1v) is 11.7. The summed E-state index contributed by atoms with van der Waals surface area (Å²) < 4.78 is 13.7. The Labute approximate surface area is 204 Å². The van der Waals surface area contributed by atoms with Crippen LogP contribution in [0.4, 0.5) is 0 Å². The molecule has 0 amide bonds. The van der Waals surface area contributed by atoms with Crippen molar-refractivity contribution in [3.8, 4) is 22.9 Å². The Balaban J connectivity index is 1.45. The molecule has 0 saturated carbocycles. The Morgan fingerprint density at radius 2 is 1.85 bits per heavy atom. The number of hydrogen-bond donors (Lipinski definition) is 0. The van der Waals surface area contributed by atoms with Gasteiger partial charge >= 0.3 is 0 Å². The second-order valence-electron chi connectivity index (χ2n) is 7.73. The number of ether oxygens (including phenoxy) is 2. The number of methoxy groups -OCH3 is 1. The summed E-state index contributed by atoms with van der Waals surface area (Å²) in [4.78, 5) is 4.85.